The van der Waals surface area contributed by atoms with Crippen LogP contribution in [0, 0.1) is 0 Å². The van der Waals surface area contributed by atoms with Crippen molar-refractivity contribution in [1.82, 2.24) is 4.98 Å². The highest BCUT2D eigenvalue weighted by Crippen LogP contribution is 2.27. The molecule has 88 valence electrons. The van der Waals surface area contributed by atoms with Crippen LogP contribution in [0.3, 0.4) is 0 Å². The largest absolute Gasteiger partial charge is 0.389 e. The number of hydrogen-bond donors (Lipinski definition) is 1. The van der Waals surface area contributed by atoms with Gasteiger partial charge in [0.05, 0.1) is 10.5 Å². The number of hydrogen-bond acceptors (Lipinski definition) is 2. The first-order chi connectivity index (χ1) is 8.00. The molecule has 0 radical (unpaired) electrons. The summed E-state index contributed by atoms with van der Waals surface area (Å²) >= 11 is 11.2. The van der Waals surface area contributed by atoms with Crippen LogP contribution in [-0.4, -0.2) is 9.97 Å². The molecule has 0 saturated heterocycles. The van der Waals surface area contributed by atoms with Crippen molar-refractivity contribution in [3.05, 3.63) is 40.5 Å². The molecule has 0 bridgehead atoms. The van der Waals surface area contributed by atoms with Crippen LogP contribution in [0.4, 0.5) is 0 Å². The van der Waals surface area contributed by atoms with Gasteiger partial charge in [0.15, 0.2) is 0 Å². The molecule has 2 nitrogen and oxygen atoms in total. The average Bonchev–Trinajstić information content (AvgIpc) is 2.28. The number of thiocarbonyl (C=S) groups is 1. The Morgan fingerprint density at radius 2 is 2.12 bits per heavy atom. The van der Waals surface area contributed by atoms with E-state index in [2.05, 4.69) is 18.8 Å². The van der Waals surface area contributed by atoms with Crippen LogP contribution < -0.4 is 5.73 Å². The Morgan fingerprint density at radius 1 is 1.41 bits per heavy atom. The monoisotopic (exact) mass is 264 g/mol. The molecule has 0 fully saturated rings. The van der Waals surface area contributed by atoms with Crippen LogP contribution in [0.25, 0.3) is 10.9 Å². The lowest BCUT2D eigenvalue weighted by Crippen LogP contribution is -2.11. The van der Waals surface area contributed by atoms with Crippen LogP contribution in [0.5, 0.6) is 0 Å². The summed E-state index contributed by atoms with van der Waals surface area (Å²) < 4.78 is 0. The fourth-order valence-electron chi connectivity index (χ4n) is 1.73. The molecule has 0 aliphatic heterocycles. The molecular formula is C13H13ClN2S. The van der Waals surface area contributed by atoms with Gasteiger partial charge in [-0.3, -0.25) is 4.98 Å². The second-order valence-corrected chi connectivity index (χ2v) is 5.10. The van der Waals surface area contributed by atoms with Crippen LogP contribution in [0.15, 0.2) is 24.3 Å². The smallest absolute Gasteiger partial charge is 0.104 e. The van der Waals surface area contributed by atoms with Gasteiger partial charge in [0.2, 0.25) is 0 Å². The van der Waals surface area contributed by atoms with Gasteiger partial charge in [0.1, 0.15) is 4.99 Å². The summed E-state index contributed by atoms with van der Waals surface area (Å²) in [6.45, 7) is 4.16. The van der Waals surface area contributed by atoms with Gasteiger partial charge in [-0.15, -0.1) is 0 Å². The molecule has 1 aromatic heterocycles. The number of aromatic nitrogens is 1. The number of benzene rings is 1. The number of nitrogens with two attached hydrogens (primary N) is 1. The zero-order valence-corrected chi connectivity index (χ0v) is 11.3. The summed E-state index contributed by atoms with van der Waals surface area (Å²) in [5.74, 6) is 0.309. The Labute approximate surface area is 111 Å². The first kappa shape index (κ1) is 12.3. The van der Waals surface area contributed by atoms with Crippen molar-refractivity contribution in [3.63, 3.8) is 0 Å². The summed E-state index contributed by atoms with van der Waals surface area (Å²) in [6, 6.07) is 7.59. The maximum absolute atomic E-state index is 6.16. The Morgan fingerprint density at radius 3 is 2.71 bits per heavy atom. The molecule has 0 amide bonds. The van der Waals surface area contributed by atoms with E-state index in [4.69, 9.17) is 29.6 Å². The maximum atomic E-state index is 6.16. The lowest BCUT2D eigenvalue weighted by molar-refractivity contribution is 0.829. The van der Waals surface area contributed by atoms with Gasteiger partial charge in [-0.05, 0) is 18.1 Å². The number of para-hydroxylation sites is 1. The van der Waals surface area contributed by atoms with E-state index in [0.717, 1.165) is 22.2 Å². The highest BCUT2D eigenvalue weighted by molar-refractivity contribution is 7.80. The van der Waals surface area contributed by atoms with E-state index in [1.807, 2.05) is 24.3 Å². The minimum Gasteiger partial charge on any atom is -0.389 e. The van der Waals surface area contributed by atoms with E-state index in [1.165, 1.54) is 0 Å². The molecule has 4 heteroatoms. The first-order valence-corrected chi connectivity index (χ1v) is 6.18. The second kappa shape index (κ2) is 4.59. The SMILES string of the molecule is CC(C)c1cc(C(N)=S)c2cccc(Cl)c2n1. The van der Waals surface area contributed by atoms with E-state index >= 15 is 0 Å². The highest BCUT2D eigenvalue weighted by Gasteiger charge is 2.11. The Balaban J connectivity index is 2.86. The van der Waals surface area contributed by atoms with Gasteiger partial charge in [-0.2, -0.15) is 0 Å². The minimum atomic E-state index is 0.309. The lowest BCUT2D eigenvalue weighted by atomic mass is 10.0. The van der Waals surface area contributed by atoms with Crippen molar-refractivity contribution in [2.45, 2.75) is 19.8 Å². The maximum Gasteiger partial charge on any atom is 0.104 e. The normalized spacial score (nSPS) is 11.1. The topological polar surface area (TPSA) is 38.9 Å². The molecule has 2 aromatic rings. The fourth-order valence-corrected chi connectivity index (χ4v) is 2.12. The fraction of sp³-hybridized carbons (Fsp3) is 0.231. The standard InChI is InChI=1S/C13H13ClN2S/c1-7(2)11-6-9(13(15)17)8-4-3-5-10(14)12(8)16-11/h3-7H,1-2H3,(H2,15,17). The summed E-state index contributed by atoms with van der Waals surface area (Å²) in [6.07, 6.45) is 0. The van der Waals surface area contributed by atoms with Crippen LogP contribution in [0.1, 0.15) is 31.0 Å². The molecule has 1 heterocycles. The van der Waals surface area contributed by atoms with Crippen molar-refractivity contribution in [2.75, 3.05) is 0 Å². The number of nitrogens with zero attached hydrogens (tertiary/aromatic N) is 1. The van der Waals surface area contributed by atoms with Crippen molar-refractivity contribution >= 4 is 39.7 Å². The van der Waals surface area contributed by atoms with E-state index < -0.39 is 0 Å². The molecule has 0 spiro atoms. The van der Waals surface area contributed by atoms with Gasteiger partial charge in [0, 0.05) is 16.6 Å². The third kappa shape index (κ3) is 2.26. The van der Waals surface area contributed by atoms with Gasteiger partial charge in [-0.25, -0.2) is 0 Å². The number of halogens is 1. The predicted octanol–water partition coefficient (Wildman–Crippen LogP) is 3.65. The van der Waals surface area contributed by atoms with Gasteiger partial charge in [-0.1, -0.05) is 49.8 Å². The lowest BCUT2D eigenvalue weighted by Gasteiger charge is -2.11. The molecule has 0 atom stereocenters. The van der Waals surface area contributed by atoms with Crippen molar-refractivity contribution in [2.24, 2.45) is 5.73 Å². The van der Waals surface area contributed by atoms with Gasteiger partial charge >= 0.3 is 0 Å². The van der Waals surface area contributed by atoms with Crippen molar-refractivity contribution in [1.29, 1.82) is 0 Å². The van der Waals surface area contributed by atoms with Crippen LogP contribution >= 0.6 is 23.8 Å². The van der Waals surface area contributed by atoms with Gasteiger partial charge < -0.3 is 5.73 Å². The number of rotatable bonds is 2. The zero-order chi connectivity index (χ0) is 12.6. The second-order valence-electron chi connectivity index (χ2n) is 4.25. The average molecular weight is 265 g/mol. The summed E-state index contributed by atoms with van der Waals surface area (Å²) in [4.78, 5) is 4.95. The molecule has 0 aliphatic carbocycles. The molecular weight excluding hydrogens is 252 g/mol. The van der Waals surface area contributed by atoms with Gasteiger partial charge in [0.25, 0.3) is 0 Å². The van der Waals surface area contributed by atoms with Crippen molar-refractivity contribution < 1.29 is 0 Å². The molecule has 2 rings (SSSR count). The third-order valence-corrected chi connectivity index (χ3v) is 3.19. The van der Waals surface area contributed by atoms with Crippen LogP contribution in [-0.2, 0) is 0 Å². The zero-order valence-electron chi connectivity index (χ0n) is 9.70. The Kier molecular flexibility index (Phi) is 3.31. The molecule has 0 aliphatic rings. The number of pyridine rings is 1. The summed E-state index contributed by atoms with van der Waals surface area (Å²) in [5.41, 5.74) is 8.32. The van der Waals surface area contributed by atoms with Crippen LogP contribution in [0.2, 0.25) is 5.02 Å². The predicted molar refractivity (Wildman–Crippen MR) is 76.7 cm³/mol. The molecule has 17 heavy (non-hydrogen) atoms. The Hall–Kier alpha value is -1.19. The summed E-state index contributed by atoms with van der Waals surface area (Å²) in [5, 5.41) is 1.54. The molecule has 0 unspecified atom stereocenters. The molecule has 2 N–H and O–H groups in total. The number of fused-ring (bicyclic) bond motifs is 1. The highest BCUT2D eigenvalue weighted by atomic mass is 35.5. The minimum absolute atomic E-state index is 0.309. The van der Waals surface area contributed by atoms with E-state index in [-0.39, 0.29) is 0 Å². The van der Waals surface area contributed by atoms with E-state index in [1.54, 1.807) is 0 Å². The third-order valence-electron chi connectivity index (χ3n) is 2.67. The quantitative estimate of drug-likeness (QED) is 0.842. The first-order valence-electron chi connectivity index (χ1n) is 5.39. The van der Waals surface area contributed by atoms with E-state index in [0.29, 0.717) is 15.9 Å². The van der Waals surface area contributed by atoms with E-state index in [9.17, 15) is 0 Å². The molecule has 1 aromatic carbocycles. The molecule has 0 saturated carbocycles. The van der Waals surface area contributed by atoms with Crippen molar-refractivity contribution in [3.8, 4) is 0 Å². The Bertz CT molecular complexity index is 593. The summed E-state index contributed by atoms with van der Waals surface area (Å²) in [7, 11) is 0.